The molecular formula is C19H15N5O. The number of carbonyl (C=O) groups excluding carboxylic acids is 1. The first-order valence-corrected chi connectivity index (χ1v) is 7.60. The minimum atomic E-state index is -0.378. The van der Waals surface area contributed by atoms with Crippen LogP contribution in [0.4, 0.5) is 17.2 Å². The van der Waals surface area contributed by atoms with E-state index in [1.165, 1.54) is 6.20 Å². The van der Waals surface area contributed by atoms with Gasteiger partial charge in [0.05, 0.1) is 24.0 Å². The van der Waals surface area contributed by atoms with Crippen LogP contribution in [-0.2, 0) is 0 Å². The predicted molar refractivity (Wildman–Crippen MR) is 95.6 cm³/mol. The number of amides is 1. The van der Waals surface area contributed by atoms with Crippen molar-refractivity contribution in [2.24, 2.45) is 0 Å². The molecule has 25 heavy (non-hydrogen) atoms. The average molecular weight is 329 g/mol. The van der Waals surface area contributed by atoms with Crippen LogP contribution in [0.1, 0.15) is 16.1 Å². The summed E-state index contributed by atoms with van der Waals surface area (Å²) in [5.74, 6) is 0.255. The zero-order chi connectivity index (χ0) is 17.6. The van der Waals surface area contributed by atoms with Crippen molar-refractivity contribution in [2.45, 2.75) is 0 Å². The van der Waals surface area contributed by atoms with Gasteiger partial charge in [0, 0.05) is 18.4 Å². The van der Waals surface area contributed by atoms with Gasteiger partial charge in [-0.1, -0.05) is 24.3 Å². The summed E-state index contributed by atoms with van der Waals surface area (Å²) in [6.07, 6.45) is 2.98. The average Bonchev–Trinajstić information content (AvgIpc) is 2.68. The second-order valence-electron chi connectivity index (χ2n) is 5.30. The van der Waals surface area contributed by atoms with Crippen LogP contribution in [0.15, 0.2) is 67.0 Å². The van der Waals surface area contributed by atoms with Crippen LogP contribution < -0.4 is 10.2 Å². The van der Waals surface area contributed by atoms with Gasteiger partial charge in [0.2, 0.25) is 0 Å². The number of hydrogen-bond donors (Lipinski definition) is 1. The number of benzene rings is 2. The summed E-state index contributed by atoms with van der Waals surface area (Å²) in [6.45, 7) is 0. The molecule has 0 unspecified atom stereocenters. The van der Waals surface area contributed by atoms with E-state index in [2.05, 4.69) is 15.3 Å². The minimum Gasteiger partial charge on any atom is -0.328 e. The third-order valence-corrected chi connectivity index (χ3v) is 3.61. The second-order valence-corrected chi connectivity index (χ2v) is 5.30. The van der Waals surface area contributed by atoms with Gasteiger partial charge in [-0.25, -0.2) is 9.97 Å². The first-order chi connectivity index (χ1) is 12.2. The molecule has 3 aromatic rings. The molecule has 1 N–H and O–H groups in total. The van der Waals surface area contributed by atoms with Crippen LogP contribution in [0, 0.1) is 11.3 Å². The molecule has 0 spiro atoms. The molecule has 122 valence electrons. The van der Waals surface area contributed by atoms with Gasteiger partial charge in [0.15, 0.2) is 5.82 Å². The lowest BCUT2D eigenvalue weighted by atomic mass is 10.2. The summed E-state index contributed by atoms with van der Waals surface area (Å²) in [6, 6.07) is 18.5. The van der Waals surface area contributed by atoms with E-state index in [0.29, 0.717) is 17.1 Å². The highest BCUT2D eigenvalue weighted by atomic mass is 16.1. The molecule has 1 amide bonds. The molecule has 0 saturated heterocycles. The Morgan fingerprint density at radius 2 is 1.88 bits per heavy atom. The fourth-order valence-electron chi connectivity index (χ4n) is 2.26. The van der Waals surface area contributed by atoms with E-state index in [1.54, 1.807) is 30.5 Å². The van der Waals surface area contributed by atoms with Crippen molar-refractivity contribution in [3.63, 3.8) is 0 Å². The number of nitriles is 1. The van der Waals surface area contributed by atoms with Crippen LogP contribution in [0.5, 0.6) is 0 Å². The van der Waals surface area contributed by atoms with Crippen molar-refractivity contribution in [3.05, 3.63) is 78.2 Å². The third-order valence-electron chi connectivity index (χ3n) is 3.61. The maximum absolute atomic E-state index is 12.3. The Morgan fingerprint density at radius 3 is 2.56 bits per heavy atom. The normalized spacial score (nSPS) is 9.92. The van der Waals surface area contributed by atoms with E-state index in [1.807, 2.05) is 48.3 Å². The number of hydrogen-bond acceptors (Lipinski definition) is 5. The van der Waals surface area contributed by atoms with Crippen LogP contribution >= 0.6 is 0 Å². The van der Waals surface area contributed by atoms with Crippen molar-refractivity contribution in [1.29, 1.82) is 5.26 Å². The van der Waals surface area contributed by atoms with Gasteiger partial charge in [-0.05, 0) is 30.3 Å². The van der Waals surface area contributed by atoms with Gasteiger partial charge >= 0.3 is 0 Å². The SMILES string of the molecule is CN(c1ccccc1)c1cnc(C(=O)Nc2cccc(C#N)c2)cn1. The minimum absolute atomic E-state index is 0.201. The maximum Gasteiger partial charge on any atom is 0.275 e. The molecule has 0 aliphatic rings. The summed E-state index contributed by atoms with van der Waals surface area (Å²) < 4.78 is 0. The highest BCUT2D eigenvalue weighted by Gasteiger charge is 2.11. The van der Waals surface area contributed by atoms with Crippen LogP contribution in [0.25, 0.3) is 0 Å². The zero-order valence-electron chi connectivity index (χ0n) is 13.5. The summed E-state index contributed by atoms with van der Waals surface area (Å²) in [7, 11) is 1.88. The summed E-state index contributed by atoms with van der Waals surface area (Å²) in [5.41, 5.74) is 2.19. The van der Waals surface area contributed by atoms with E-state index in [-0.39, 0.29) is 11.6 Å². The molecule has 6 nitrogen and oxygen atoms in total. The first-order valence-electron chi connectivity index (χ1n) is 7.60. The monoisotopic (exact) mass is 329 g/mol. The fraction of sp³-hybridized carbons (Fsp3) is 0.0526. The standard InChI is InChI=1S/C19H15N5O/c1-24(16-8-3-2-4-9-16)18-13-21-17(12-22-18)19(25)23-15-7-5-6-14(10-15)11-20/h2-10,12-13H,1H3,(H,23,25). The molecular weight excluding hydrogens is 314 g/mol. The molecule has 2 aromatic carbocycles. The number of nitrogens with one attached hydrogen (secondary N) is 1. The van der Waals surface area contributed by atoms with E-state index in [4.69, 9.17) is 5.26 Å². The topological polar surface area (TPSA) is 81.9 Å². The molecule has 6 heteroatoms. The number of rotatable bonds is 4. The Labute approximate surface area is 145 Å². The second kappa shape index (κ2) is 7.23. The van der Waals surface area contributed by atoms with Crippen LogP contribution in [0.3, 0.4) is 0 Å². The van der Waals surface area contributed by atoms with Crippen LogP contribution in [0.2, 0.25) is 0 Å². The lowest BCUT2D eigenvalue weighted by Crippen LogP contribution is -2.16. The molecule has 0 saturated carbocycles. The Kier molecular flexibility index (Phi) is 4.67. The number of nitrogens with zero attached hydrogens (tertiary/aromatic N) is 4. The molecule has 0 aliphatic carbocycles. The van der Waals surface area contributed by atoms with Crippen molar-refractivity contribution in [3.8, 4) is 6.07 Å². The van der Waals surface area contributed by atoms with E-state index in [9.17, 15) is 4.79 Å². The predicted octanol–water partition coefficient (Wildman–Crippen LogP) is 3.37. The van der Waals surface area contributed by atoms with Crippen molar-refractivity contribution in [2.75, 3.05) is 17.3 Å². The molecule has 0 bridgehead atoms. The van der Waals surface area contributed by atoms with Gasteiger partial charge < -0.3 is 10.2 Å². The summed E-state index contributed by atoms with van der Waals surface area (Å²) in [5, 5.41) is 11.6. The van der Waals surface area contributed by atoms with E-state index in [0.717, 1.165) is 5.69 Å². The van der Waals surface area contributed by atoms with Gasteiger partial charge in [0.25, 0.3) is 5.91 Å². The first kappa shape index (κ1) is 16.1. The fourth-order valence-corrected chi connectivity index (χ4v) is 2.26. The Bertz CT molecular complexity index is 917. The molecule has 0 aliphatic heterocycles. The Balaban J connectivity index is 1.73. The number of carbonyl (C=O) groups is 1. The van der Waals surface area contributed by atoms with Gasteiger partial charge in [0.1, 0.15) is 5.69 Å². The highest BCUT2D eigenvalue weighted by molar-refractivity contribution is 6.02. The smallest absolute Gasteiger partial charge is 0.275 e. The quantitative estimate of drug-likeness (QED) is 0.793. The molecule has 0 fully saturated rings. The molecule has 0 radical (unpaired) electrons. The van der Waals surface area contributed by atoms with E-state index >= 15 is 0 Å². The summed E-state index contributed by atoms with van der Waals surface area (Å²) >= 11 is 0. The number of para-hydroxylation sites is 1. The van der Waals surface area contributed by atoms with Gasteiger partial charge in [-0.15, -0.1) is 0 Å². The molecule has 0 atom stereocenters. The van der Waals surface area contributed by atoms with Crippen LogP contribution in [-0.4, -0.2) is 22.9 Å². The van der Waals surface area contributed by atoms with Crippen molar-refractivity contribution in [1.82, 2.24) is 9.97 Å². The maximum atomic E-state index is 12.3. The van der Waals surface area contributed by atoms with Gasteiger partial charge in [-0.3, -0.25) is 4.79 Å². The largest absolute Gasteiger partial charge is 0.328 e. The number of aromatic nitrogens is 2. The molecule has 3 rings (SSSR count). The van der Waals surface area contributed by atoms with Crippen molar-refractivity contribution >= 4 is 23.1 Å². The lowest BCUT2D eigenvalue weighted by molar-refractivity contribution is 0.102. The molecule has 1 aromatic heterocycles. The zero-order valence-corrected chi connectivity index (χ0v) is 13.5. The Morgan fingerprint density at radius 1 is 1.08 bits per heavy atom. The molecule has 1 heterocycles. The van der Waals surface area contributed by atoms with Crippen molar-refractivity contribution < 1.29 is 4.79 Å². The third kappa shape index (κ3) is 3.79. The summed E-state index contributed by atoms with van der Waals surface area (Å²) in [4.78, 5) is 22.6. The van der Waals surface area contributed by atoms with E-state index < -0.39 is 0 Å². The van der Waals surface area contributed by atoms with Gasteiger partial charge in [-0.2, -0.15) is 5.26 Å². The highest BCUT2D eigenvalue weighted by Crippen LogP contribution is 2.20. The Hall–Kier alpha value is -3.72. The lowest BCUT2D eigenvalue weighted by Gasteiger charge is -2.17. The number of anilines is 3.